The summed E-state index contributed by atoms with van der Waals surface area (Å²) in [5.74, 6) is -0.208. The van der Waals surface area contributed by atoms with Crippen LogP contribution in [0, 0.1) is 35.5 Å². The van der Waals surface area contributed by atoms with Crippen molar-refractivity contribution in [2.24, 2.45) is 35.5 Å². The zero-order chi connectivity index (χ0) is 16.6. The molecule has 3 amide bonds. The summed E-state index contributed by atoms with van der Waals surface area (Å²) in [6, 6.07) is 6.37. The van der Waals surface area contributed by atoms with E-state index in [1.807, 2.05) is 0 Å². The van der Waals surface area contributed by atoms with Gasteiger partial charge in [-0.2, -0.15) is 5.01 Å². The van der Waals surface area contributed by atoms with Gasteiger partial charge in [-0.05, 0) is 54.4 Å². The van der Waals surface area contributed by atoms with Gasteiger partial charge in [0.1, 0.15) is 0 Å². The van der Waals surface area contributed by atoms with E-state index < -0.39 is 5.91 Å². The van der Waals surface area contributed by atoms with Crippen LogP contribution in [0.1, 0.15) is 16.8 Å². The Hall–Kier alpha value is -2.63. The molecule has 3 fully saturated rings. The molecule has 0 radical (unpaired) electrons. The first-order valence-electron chi connectivity index (χ1n) is 8.29. The van der Waals surface area contributed by atoms with Crippen LogP contribution >= 0.6 is 0 Å². The van der Waals surface area contributed by atoms with Crippen LogP contribution in [0.2, 0.25) is 0 Å². The number of nitrogens with one attached hydrogen (secondary N) is 1. The molecule has 122 valence electrons. The third-order valence-electron chi connectivity index (χ3n) is 6.05. The van der Waals surface area contributed by atoms with Gasteiger partial charge in [0.25, 0.3) is 17.7 Å². The summed E-state index contributed by atoms with van der Waals surface area (Å²) >= 11 is 0. The van der Waals surface area contributed by atoms with Gasteiger partial charge in [0.05, 0.1) is 11.8 Å². The lowest BCUT2D eigenvalue weighted by Gasteiger charge is -2.37. The van der Waals surface area contributed by atoms with Gasteiger partial charge in [0, 0.05) is 11.3 Å². The van der Waals surface area contributed by atoms with Crippen molar-refractivity contribution >= 4 is 23.4 Å². The van der Waals surface area contributed by atoms with Crippen LogP contribution in [-0.2, 0) is 9.59 Å². The summed E-state index contributed by atoms with van der Waals surface area (Å²) < 4.78 is 0. The number of benzene rings is 1. The summed E-state index contributed by atoms with van der Waals surface area (Å²) in [4.78, 5) is 37.9. The average Bonchev–Trinajstić information content (AvgIpc) is 3.36. The Bertz CT molecular complexity index is 764. The van der Waals surface area contributed by atoms with Crippen molar-refractivity contribution in [3.63, 3.8) is 0 Å². The molecule has 6 atom stereocenters. The topological polar surface area (TPSA) is 92.5 Å². The number of amides is 3. The highest BCUT2D eigenvalue weighted by Crippen LogP contribution is 2.65. The first kappa shape index (κ1) is 13.8. The number of hydrogen-bond acceptors (Lipinski definition) is 4. The Balaban J connectivity index is 1.40. The molecule has 24 heavy (non-hydrogen) atoms. The Morgan fingerprint density at radius 2 is 1.54 bits per heavy atom. The molecule has 1 saturated heterocycles. The summed E-state index contributed by atoms with van der Waals surface area (Å²) in [7, 11) is 0. The molecule has 1 aliphatic heterocycles. The van der Waals surface area contributed by atoms with Gasteiger partial charge in [0.15, 0.2) is 0 Å². The number of imide groups is 1. The normalized spacial score (nSPS) is 38.1. The molecular weight excluding hydrogens is 306 g/mol. The van der Waals surface area contributed by atoms with Crippen LogP contribution in [0.3, 0.4) is 0 Å². The number of hydrogen-bond donors (Lipinski definition) is 2. The molecule has 0 unspecified atom stereocenters. The maximum atomic E-state index is 12.8. The first-order valence-corrected chi connectivity index (χ1v) is 8.29. The average molecular weight is 323 g/mol. The standard InChI is InChI=1S/C18H17N3O3/c19-9-3-1-8(2-4-9)16(22)20-21-17(23)14-10-5-6-11(13-7-12(10)13)15(14)18(21)24/h1-6,10-15H,7,19H2,(H,20,22)/t10-,11+,12+,13-,14-,15+. The molecule has 6 nitrogen and oxygen atoms in total. The lowest BCUT2D eigenvalue weighted by Crippen LogP contribution is -2.46. The minimum Gasteiger partial charge on any atom is -0.399 e. The molecular formula is C18H17N3O3. The van der Waals surface area contributed by atoms with Gasteiger partial charge in [0.2, 0.25) is 0 Å². The fraction of sp³-hybridized carbons (Fsp3) is 0.389. The molecule has 1 heterocycles. The highest BCUT2D eigenvalue weighted by molar-refractivity contribution is 6.08. The van der Waals surface area contributed by atoms with E-state index in [0.29, 0.717) is 23.1 Å². The zero-order valence-corrected chi connectivity index (χ0v) is 12.9. The van der Waals surface area contributed by atoms with E-state index in [-0.39, 0.29) is 35.5 Å². The number of hydrazine groups is 1. The molecule has 0 spiro atoms. The quantitative estimate of drug-likeness (QED) is 0.482. The lowest BCUT2D eigenvalue weighted by atomic mass is 9.63. The Labute approximate surface area is 138 Å². The number of carbonyl (C=O) groups is 3. The molecule has 6 rings (SSSR count). The Morgan fingerprint density at radius 1 is 1.00 bits per heavy atom. The lowest BCUT2D eigenvalue weighted by molar-refractivity contribution is -0.143. The van der Waals surface area contributed by atoms with E-state index >= 15 is 0 Å². The van der Waals surface area contributed by atoms with Crippen molar-refractivity contribution in [3.8, 4) is 0 Å². The smallest absolute Gasteiger partial charge is 0.270 e. The predicted molar refractivity (Wildman–Crippen MR) is 84.9 cm³/mol. The van der Waals surface area contributed by atoms with Crippen molar-refractivity contribution in [1.29, 1.82) is 0 Å². The van der Waals surface area contributed by atoms with E-state index in [2.05, 4.69) is 17.6 Å². The van der Waals surface area contributed by atoms with Gasteiger partial charge in [-0.1, -0.05) is 12.2 Å². The van der Waals surface area contributed by atoms with E-state index in [1.165, 1.54) is 0 Å². The van der Waals surface area contributed by atoms with Gasteiger partial charge < -0.3 is 5.73 Å². The third kappa shape index (κ3) is 1.68. The highest BCUT2D eigenvalue weighted by atomic mass is 16.2. The summed E-state index contributed by atoms with van der Waals surface area (Å²) in [6.45, 7) is 0. The van der Waals surface area contributed by atoms with Crippen molar-refractivity contribution in [2.75, 3.05) is 5.73 Å². The van der Waals surface area contributed by atoms with Gasteiger partial charge >= 0.3 is 0 Å². The third-order valence-corrected chi connectivity index (χ3v) is 6.05. The van der Waals surface area contributed by atoms with Crippen molar-refractivity contribution in [2.45, 2.75) is 6.42 Å². The van der Waals surface area contributed by atoms with Crippen LogP contribution in [-0.4, -0.2) is 22.7 Å². The fourth-order valence-electron chi connectivity index (χ4n) is 4.87. The van der Waals surface area contributed by atoms with Gasteiger partial charge in [-0.15, -0.1) is 0 Å². The van der Waals surface area contributed by atoms with Crippen LogP contribution in [0.4, 0.5) is 5.69 Å². The second-order valence-corrected chi connectivity index (χ2v) is 7.23. The van der Waals surface area contributed by atoms with E-state index in [1.54, 1.807) is 24.3 Å². The summed E-state index contributed by atoms with van der Waals surface area (Å²) in [6.07, 6.45) is 5.33. The molecule has 2 saturated carbocycles. The minimum absolute atomic E-state index is 0.153. The second-order valence-electron chi connectivity index (χ2n) is 7.23. The first-order chi connectivity index (χ1) is 11.6. The number of nitrogens with zero attached hydrogens (tertiary/aromatic N) is 1. The second kappa shape index (κ2) is 4.47. The number of nitrogens with two attached hydrogens (primary N) is 1. The monoisotopic (exact) mass is 323 g/mol. The minimum atomic E-state index is -0.471. The number of carbonyl (C=O) groups excluding carboxylic acids is 3. The molecule has 4 aliphatic carbocycles. The Kier molecular flexibility index (Phi) is 2.56. The maximum Gasteiger partial charge on any atom is 0.270 e. The number of rotatable bonds is 2. The van der Waals surface area contributed by atoms with Crippen molar-refractivity contribution < 1.29 is 14.4 Å². The molecule has 2 bridgehead atoms. The van der Waals surface area contributed by atoms with Gasteiger partial charge in [-0.3, -0.25) is 19.8 Å². The summed E-state index contributed by atoms with van der Waals surface area (Å²) in [5.41, 5.74) is 9.02. The molecule has 6 heteroatoms. The SMILES string of the molecule is Nc1ccc(C(=O)NN2C(=O)[C@@H]3[C@@H]4C=C[C@@H]([C@H]5C[C@@H]45)[C@@H]3C2=O)cc1. The van der Waals surface area contributed by atoms with Gasteiger partial charge in [-0.25, -0.2) is 0 Å². The van der Waals surface area contributed by atoms with Crippen LogP contribution in [0.5, 0.6) is 0 Å². The largest absolute Gasteiger partial charge is 0.399 e. The van der Waals surface area contributed by atoms with E-state index in [4.69, 9.17) is 5.73 Å². The molecule has 1 aromatic rings. The highest BCUT2D eigenvalue weighted by Gasteiger charge is 2.67. The number of nitrogen functional groups attached to an aromatic ring is 1. The van der Waals surface area contributed by atoms with Crippen molar-refractivity contribution in [1.82, 2.24) is 10.4 Å². The summed E-state index contributed by atoms with van der Waals surface area (Å²) in [5, 5.41) is 0.950. The zero-order valence-electron chi connectivity index (χ0n) is 12.9. The molecule has 1 aromatic carbocycles. The predicted octanol–water partition coefficient (Wildman–Crippen LogP) is 0.967. The van der Waals surface area contributed by atoms with E-state index in [0.717, 1.165) is 11.4 Å². The van der Waals surface area contributed by atoms with Crippen LogP contribution in [0.15, 0.2) is 36.4 Å². The molecule has 3 N–H and O–H groups in total. The number of anilines is 1. The Morgan fingerprint density at radius 3 is 2.08 bits per heavy atom. The maximum absolute atomic E-state index is 12.8. The molecule has 5 aliphatic rings. The van der Waals surface area contributed by atoms with E-state index in [9.17, 15) is 14.4 Å². The number of allylic oxidation sites excluding steroid dienone is 2. The fourth-order valence-corrected chi connectivity index (χ4v) is 4.87. The van der Waals surface area contributed by atoms with Crippen molar-refractivity contribution in [3.05, 3.63) is 42.0 Å². The van der Waals surface area contributed by atoms with Crippen LogP contribution < -0.4 is 11.2 Å². The van der Waals surface area contributed by atoms with Crippen LogP contribution in [0.25, 0.3) is 0 Å². The molecule has 0 aromatic heterocycles.